The first-order valence-electron chi connectivity index (χ1n) is 5.17. The van der Waals surface area contributed by atoms with Crippen LogP contribution in [0.1, 0.15) is 42.9 Å². The normalized spacial score (nSPS) is 13.1. The predicted octanol–water partition coefficient (Wildman–Crippen LogP) is 1.83. The number of thiazole rings is 1. The Kier molecular flexibility index (Phi) is 5.07. The largest absolute Gasteiger partial charge is 0.330 e. The van der Waals surface area contributed by atoms with Crippen molar-refractivity contribution in [3.05, 3.63) is 16.1 Å². The van der Waals surface area contributed by atoms with E-state index < -0.39 is 0 Å². The highest BCUT2D eigenvalue weighted by atomic mass is 32.1. The standard InChI is InChI=1S/C10H19N3S/c1-2-8-7-14-10(13-8)9(12)5-3-4-6-11/h7,9H,2-6,11-12H2,1H3. The zero-order valence-corrected chi connectivity index (χ0v) is 9.52. The van der Waals surface area contributed by atoms with E-state index in [1.165, 1.54) is 0 Å². The van der Waals surface area contributed by atoms with Gasteiger partial charge in [-0.3, -0.25) is 0 Å². The molecule has 0 aliphatic heterocycles. The van der Waals surface area contributed by atoms with E-state index >= 15 is 0 Å². The van der Waals surface area contributed by atoms with Crippen LogP contribution in [0.2, 0.25) is 0 Å². The first kappa shape index (κ1) is 11.6. The van der Waals surface area contributed by atoms with Gasteiger partial charge in [0.15, 0.2) is 0 Å². The van der Waals surface area contributed by atoms with Gasteiger partial charge >= 0.3 is 0 Å². The van der Waals surface area contributed by atoms with Crippen LogP contribution in [0.4, 0.5) is 0 Å². The second-order valence-electron chi connectivity index (χ2n) is 3.42. The minimum absolute atomic E-state index is 0.104. The van der Waals surface area contributed by atoms with Crippen LogP contribution in [-0.2, 0) is 6.42 Å². The van der Waals surface area contributed by atoms with Gasteiger partial charge in [0, 0.05) is 5.38 Å². The van der Waals surface area contributed by atoms with Crippen LogP contribution in [0.15, 0.2) is 5.38 Å². The molecule has 0 fully saturated rings. The predicted molar refractivity (Wildman–Crippen MR) is 61.3 cm³/mol. The molecule has 1 unspecified atom stereocenters. The molecular weight excluding hydrogens is 194 g/mol. The van der Waals surface area contributed by atoms with Crippen molar-refractivity contribution in [3.8, 4) is 0 Å². The van der Waals surface area contributed by atoms with Crippen molar-refractivity contribution in [1.29, 1.82) is 0 Å². The Morgan fingerprint density at radius 1 is 1.50 bits per heavy atom. The minimum atomic E-state index is 0.104. The first-order valence-corrected chi connectivity index (χ1v) is 6.05. The summed E-state index contributed by atoms with van der Waals surface area (Å²) in [4.78, 5) is 4.47. The highest BCUT2D eigenvalue weighted by Crippen LogP contribution is 2.20. The lowest BCUT2D eigenvalue weighted by Crippen LogP contribution is -2.10. The van der Waals surface area contributed by atoms with Gasteiger partial charge in [-0.25, -0.2) is 4.98 Å². The molecule has 14 heavy (non-hydrogen) atoms. The summed E-state index contributed by atoms with van der Waals surface area (Å²) in [6, 6.07) is 0.104. The molecule has 0 aliphatic rings. The molecule has 0 spiro atoms. The summed E-state index contributed by atoms with van der Waals surface area (Å²) in [5.74, 6) is 0. The molecule has 3 nitrogen and oxygen atoms in total. The summed E-state index contributed by atoms with van der Waals surface area (Å²) >= 11 is 1.67. The Bertz CT molecular complexity index is 260. The van der Waals surface area contributed by atoms with Gasteiger partial charge in [-0.2, -0.15) is 0 Å². The third-order valence-electron chi connectivity index (χ3n) is 2.22. The minimum Gasteiger partial charge on any atom is -0.330 e. The van der Waals surface area contributed by atoms with E-state index in [1.807, 2.05) is 0 Å². The first-order chi connectivity index (χ1) is 6.77. The van der Waals surface area contributed by atoms with Crippen LogP contribution in [0, 0.1) is 0 Å². The summed E-state index contributed by atoms with van der Waals surface area (Å²) in [5.41, 5.74) is 12.6. The van der Waals surface area contributed by atoms with Crippen molar-refractivity contribution >= 4 is 11.3 Å². The molecule has 0 saturated heterocycles. The fourth-order valence-corrected chi connectivity index (χ4v) is 2.23. The Hall–Kier alpha value is -0.450. The summed E-state index contributed by atoms with van der Waals surface area (Å²) in [6.07, 6.45) is 4.14. The van der Waals surface area contributed by atoms with Gasteiger partial charge < -0.3 is 11.5 Å². The highest BCUT2D eigenvalue weighted by molar-refractivity contribution is 7.09. The van der Waals surface area contributed by atoms with E-state index in [4.69, 9.17) is 11.5 Å². The molecule has 0 radical (unpaired) electrons. The van der Waals surface area contributed by atoms with Crippen molar-refractivity contribution in [1.82, 2.24) is 4.98 Å². The van der Waals surface area contributed by atoms with Crippen molar-refractivity contribution in [2.75, 3.05) is 6.54 Å². The number of nitrogens with zero attached hydrogens (tertiary/aromatic N) is 1. The number of nitrogens with two attached hydrogens (primary N) is 2. The Morgan fingerprint density at radius 2 is 2.29 bits per heavy atom. The van der Waals surface area contributed by atoms with Gasteiger partial charge in [0.25, 0.3) is 0 Å². The highest BCUT2D eigenvalue weighted by Gasteiger charge is 2.09. The second kappa shape index (κ2) is 6.11. The molecule has 1 aromatic heterocycles. The molecule has 0 bridgehead atoms. The molecule has 1 rings (SSSR count). The number of aromatic nitrogens is 1. The number of aryl methyl sites for hydroxylation is 1. The summed E-state index contributed by atoms with van der Waals surface area (Å²) in [7, 11) is 0. The topological polar surface area (TPSA) is 64.9 Å². The van der Waals surface area contributed by atoms with Crippen molar-refractivity contribution in [3.63, 3.8) is 0 Å². The van der Waals surface area contributed by atoms with E-state index in [0.717, 1.165) is 42.9 Å². The fraction of sp³-hybridized carbons (Fsp3) is 0.700. The monoisotopic (exact) mass is 213 g/mol. The van der Waals surface area contributed by atoms with E-state index in [2.05, 4.69) is 17.3 Å². The molecule has 0 aliphatic carbocycles. The molecule has 4 N–H and O–H groups in total. The average Bonchev–Trinajstić information content (AvgIpc) is 2.66. The van der Waals surface area contributed by atoms with Crippen LogP contribution in [-0.4, -0.2) is 11.5 Å². The van der Waals surface area contributed by atoms with Crippen LogP contribution in [0.25, 0.3) is 0 Å². The molecule has 0 saturated carbocycles. The van der Waals surface area contributed by atoms with Gasteiger partial charge in [-0.05, 0) is 25.8 Å². The van der Waals surface area contributed by atoms with Crippen molar-refractivity contribution < 1.29 is 0 Å². The van der Waals surface area contributed by atoms with E-state index in [-0.39, 0.29) is 6.04 Å². The quantitative estimate of drug-likeness (QED) is 0.709. The second-order valence-corrected chi connectivity index (χ2v) is 4.31. The zero-order valence-electron chi connectivity index (χ0n) is 8.70. The molecule has 80 valence electrons. The molecule has 0 amide bonds. The van der Waals surface area contributed by atoms with Crippen molar-refractivity contribution in [2.24, 2.45) is 11.5 Å². The average molecular weight is 213 g/mol. The maximum absolute atomic E-state index is 6.01. The number of hydrogen-bond donors (Lipinski definition) is 2. The molecule has 1 aromatic rings. The van der Waals surface area contributed by atoms with E-state index in [1.54, 1.807) is 11.3 Å². The third kappa shape index (κ3) is 3.36. The van der Waals surface area contributed by atoms with Crippen LogP contribution in [0.3, 0.4) is 0 Å². The third-order valence-corrected chi connectivity index (χ3v) is 3.24. The fourth-order valence-electron chi connectivity index (χ4n) is 1.29. The lowest BCUT2D eigenvalue weighted by molar-refractivity contribution is 0.587. The van der Waals surface area contributed by atoms with Crippen LogP contribution < -0.4 is 11.5 Å². The number of unbranched alkanes of at least 4 members (excludes halogenated alkanes) is 1. The van der Waals surface area contributed by atoms with E-state index in [0.29, 0.717) is 0 Å². The molecule has 4 heteroatoms. The van der Waals surface area contributed by atoms with Gasteiger partial charge in [-0.1, -0.05) is 13.3 Å². The smallest absolute Gasteiger partial charge is 0.110 e. The van der Waals surface area contributed by atoms with E-state index in [9.17, 15) is 0 Å². The SMILES string of the molecule is CCc1csc(C(N)CCCCN)n1. The van der Waals surface area contributed by atoms with Crippen molar-refractivity contribution in [2.45, 2.75) is 38.6 Å². The zero-order chi connectivity index (χ0) is 10.4. The maximum atomic E-state index is 6.01. The van der Waals surface area contributed by atoms with Gasteiger partial charge in [0.1, 0.15) is 5.01 Å². The number of rotatable bonds is 6. The molecule has 1 heterocycles. The summed E-state index contributed by atoms with van der Waals surface area (Å²) < 4.78 is 0. The van der Waals surface area contributed by atoms with Crippen LogP contribution >= 0.6 is 11.3 Å². The maximum Gasteiger partial charge on any atom is 0.110 e. The lowest BCUT2D eigenvalue weighted by atomic mass is 10.1. The molecule has 1 atom stereocenters. The molecule has 0 aromatic carbocycles. The van der Waals surface area contributed by atoms with Gasteiger partial charge in [0.2, 0.25) is 0 Å². The Morgan fingerprint density at radius 3 is 2.86 bits per heavy atom. The van der Waals surface area contributed by atoms with Gasteiger partial charge in [-0.15, -0.1) is 11.3 Å². The number of hydrogen-bond acceptors (Lipinski definition) is 4. The van der Waals surface area contributed by atoms with Crippen LogP contribution in [0.5, 0.6) is 0 Å². The van der Waals surface area contributed by atoms with Gasteiger partial charge in [0.05, 0.1) is 11.7 Å². The summed E-state index contributed by atoms with van der Waals surface area (Å²) in [6.45, 7) is 2.86. The molecular formula is C10H19N3S. The Balaban J connectivity index is 2.39. The summed E-state index contributed by atoms with van der Waals surface area (Å²) in [5, 5.41) is 3.16. The lowest BCUT2D eigenvalue weighted by Gasteiger charge is -2.06. The Labute approximate surface area is 89.5 Å².